The van der Waals surface area contributed by atoms with Crippen LogP contribution in [0.15, 0.2) is 59.7 Å². The van der Waals surface area contributed by atoms with Crippen LogP contribution >= 0.6 is 11.6 Å². The van der Waals surface area contributed by atoms with Gasteiger partial charge in [-0.15, -0.1) is 5.10 Å². The number of hydrogen-bond acceptors (Lipinski definition) is 8. The minimum absolute atomic E-state index is 0.170. The van der Waals surface area contributed by atoms with E-state index in [9.17, 15) is 9.59 Å². The summed E-state index contributed by atoms with van der Waals surface area (Å²) in [4.78, 5) is 25.6. The molecule has 0 spiro atoms. The first kappa shape index (κ1) is 25.8. The number of nitrogens with zero attached hydrogens (tertiary/aromatic N) is 2. The smallest absolute Gasteiger partial charge is 0.343 e. The fourth-order valence-electron chi connectivity index (χ4n) is 3.81. The Bertz CT molecular complexity index is 1360. The fourth-order valence-corrected chi connectivity index (χ4v) is 4.12. The standard InChI is InChI=1S/C27H25ClN2O7/c1-15-10-11-18(20(28)12-15)25-29-30(16(2)31)26(37-25)19-8-6-7-9-21(19)36-27(32)17-13-22(33-3)24(35-5)23(14-17)34-4/h6-14,26H,1-5H3/t26-/m0/s1. The van der Waals surface area contributed by atoms with Crippen LogP contribution in [-0.2, 0) is 9.53 Å². The molecule has 37 heavy (non-hydrogen) atoms. The monoisotopic (exact) mass is 524 g/mol. The first-order valence-corrected chi connectivity index (χ1v) is 11.6. The Morgan fingerprint density at radius 1 is 0.946 bits per heavy atom. The molecule has 3 aromatic rings. The molecule has 3 aromatic carbocycles. The molecule has 1 atom stereocenters. The van der Waals surface area contributed by atoms with E-state index in [4.69, 9.17) is 35.3 Å². The van der Waals surface area contributed by atoms with Crippen LogP contribution in [0.2, 0.25) is 5.02 Å². The minimum atomic E-state index is -0.978. The molecule has 0 saturated carbocycles. The van der Waals surface area contributed by atoms with Crippen molar-refractivity contribution in [2.45, 2.75) is 20.1 Å². The molecule has 9 nitrogen and oxygen atoms in total. The first-order valence-electron chi connectivity index (χ1n) is 11.2. The molecular formula is C27H25ClN2O7. The Hall–Kier alpha value is -4.24. The second kappa shape index (κ2) is 10.8. The number of rotatable bonds is 7. The van der Waals surface area contributed by atoms with Crippen LogP contribution in [0.5, 0.6) is 23.0 Å². The van der Waals surface area contributed by atoms with Gasteiger partial charge < -0.3 is 23.7 Å². The average molecular weight is 525 g/mol. The second-order valence-corrected chi connectivity index (χ2v) is 8.47. The van der Waals surface area contributed by atoms with Crippen LogP contribution in [0.3, 0.4) is 0 Å². The van der Waals surface area contributed by atoms with E-state index in [1.165, 1.54) is 45.4 Å². The zero-order valence-electron chi connectivity index (χ0n) is 20.9. The summed E-state index contributed by atoms with van der Waals surface area (Å²) in [5, 5.41) is 5.97. The van der Waals surface area contributed by atoms with Gasteiger partial charge in [0, 0.05) is 6.92 Å². The van der Waals surface area contributed by atoms with Crippen LogP contribution in [0.25, 0.3) is 0 Å². The second-order valence-electron chi connectivity index (χ2n) is 8.06. The molecule has 192 valence electrons. The number of ether oxygens (including phenoxy) is 5. The summed E-state index contributed by atoms with van der Waals surface area (Å²) in [6.45, 7) is 3.28. The van der Waals surface area contributed by atoms with Crippen molar-refractivity contribution in [1.82, 2.24) is 5.01 Å². The Balaban J connectivity index is 1.67. The number of carbonyl (C=O) groups is 2. The van der Waals surface area contributed by atoms with Gasteiger partial charge in [-0.3, -0.25) is 4.79 Å². The lowest BCUT2D eigenvalue weighted by molar-refractivity contribution is -0.135. The van der Waals surface area contributed by atoms with E-state index in [0.29, 0.717) is 33.4 Å². The number of para-hydroxylation sites is 1. The Morgan fingerprint density at radius 3 is 2.22 bits per heavy atom. The number of halogens is 1. The molecule has 0 aromatic heterocycles. The zero-order chi connectivity index (χ0) is 26.7. The maximum absolute atomic E-state index is 13.2. The van der Waals surface area contributed by atoms with Gasteiger partial charge in [-0.1, -0.05) is 29.8 Å². The molecule has 1 aliphatic heterocycles. The third kappa shape index (κ3) is 5.17. The van der Waals surface area contributed by atoms with Gasteiger partial charge in [-0.25, -0.2) is 4.79 Å². The molecule has 1 amide bonds. The highest BCUT2D eigenvalue weighted by Gasteiger charge is 2.36. The van der Waals surface area contributed by atoms with Crippen molar-refractivity contribution in [3.63, 3.8) is 0 Å². The number of hydrogen-bond donors (Lipinski definition) is 0. The molecule has 1 heterocycles. The van der Waals surface area contributed by atoms with E-state index in [1.807, 2.05) is 13.0 Å². The largest absolute Gasteiger partial charge is 0.493 e. The number of hydrazone groups is 1. The quantitative estimate of drug-likeness (QED) is 0.312. The molecule has 10 heteroatoms. The maximum Gasteiger partial charge on any atom is 0.343 e. The molecule has 0 unspecified atom stereocenters. The predicted octanol–water partition coefficient (Wildman–Crippen LogP) is 5.13. The van der Waals surface area contributed by atoms with E-state index in [2.05, 4.69) is 5.10 Å². The van der Waals surface area contributed by atoms with Crippen molar-refractivity contribution in [3.8, 4) is 23.0 Å². The summed E-state index contributed by atoms with van der Waals surface area (Å²) in [5.41, 5.74) is 2.09. The van der Waals surface area contributed by atoms with Gasteiger partial charge in [0.2, 0.25) is 23.8 Å². The fraction of sp³-hybridized carbons (Fsp3) is 0.222. The van der Waals surface area contributed by atoms with Crippen molar-refractivity contribution in [3.05, 3.63) is 81.9 Å². The Morgan fingerprint density at radius 2 is 1.62 bits per heavy atom. The highest BCUT2D eigenvalue weighted by Crippen LogP contribution is 2.40. The molecule has 0 radical (unpaired) electrons. The van der Waals surface area contributed by atoms with Crippen molar-refractivity contribution < 1.29 is 33.3 Å². The van der Waals surface area contributed by atoms with E-state index in [1.54, 1.807) is 36.4 Å². The van der Waals surface area contributed by atoms with Crippen LogP contribution in [0.1, 0.15) is 40.2 Å². The summed E-state index contributed by atoms with van der Waals surface area (Å²) in [6, 6.07) is 15.1. The van der Waals surface area contributed by atoms with E-state index >= 15 is 0 Å². The number of carbonyl (C=O) groups excluding carboxylic acids is 2. The molecule has 4 rings (SSSR count). The molecule has 0 bridgehead atoms. The lowest BCUT2D eigenvalue weighted by Crippen LogP contribution is -2.26. The SMILES string of the molecule is COc1cc(C(=O)Oc2ccccc2[C@@H]2OC(c3ccc(C)cc3Cl)=NN2C(C)=O)cc(OC)c1OC. The van der Waals surface area contributed by atoms with E-state index in [-0.39, 0.29) is 23.1 Å². The van der Waals surface area contributed by atoms with Gasteiger partial charge in [0.15, 0.2) is 11.5 Å². The van der Waals surface area contributed by atoms with Gasteiger partial charge >= 0.3 is 5.97 Å². The number of aryl methyl sites for hydroxylation is 1. The summed E-state index contributed by atoms with van der Waals surface area (Å²) < 4.78 is 27.8. The third-order valence-corrected chi connectivity index (χ3v) is 5.92. The topological polar surface area (TPSA) is 95.9 Å². The average Bonchev–Trinajstić information content (AvgIpc) is 3.33. The van der Waals surface area contributed by atoms with Gasteiger partial charge in [-0.05, 0) is 48.9 Å². The first-order chi connectivity index (χ1) is 17.8. The zero-order valence-corrected chi connectivity index (χ0v) is 21.7. The minimum Gasteiger partial charge on any atom is -0.493 e. The number of esters is 1. The normalized spacial score (nSPS) is 14.5. The highest BCUT2D eigenvalue weighted by atomic mass is 35.5. The Kier molecular flexibility index (Phi) is 7.54. The van der Waals surface area contributed by atoms with Gasteiger partial charge in [0.1, 0.15) is 5.75 Å². The van der Waals surface area contributed by atoms with Gasteiger partial charge in [0.25, 0.3) is 0 Å². The Labute approximate surface area is 219 Å². The van der Waals surface area contributed by atoms with Crippen molar-refractivity contribution in [2.24, 2.45) is 5.10 Å². The van der Waals surface area contributed by atoms with Crippen LogP contribution in [0, 0.1) is 6.92 Å². The lowest BCUT2D eigenvalue weighted by atomic mass is 10.1. The number of amides is 1. The summed E-state index contributed by atoms with van der Waals surface area (Å²) in [6.07, 6.45) is -0.978. The van der Waals surface area contributed by atoms with E-state index < -0.39 is 12.2 Å². The maximum atomic E-state index is 13.2. The lowest BCUT2D eigenvalue weighted by Gasteiger charge is -2.21. The molecule has 1 aliphatic rings. The highest BCUT2D eigenvalue weighted by molar-refractivity contribution is 6.34. The number of methoxy groups -OCH3 is 3. The van der Waals surface area contributed by atoms with Crippen molar-refractivity contribution in [2.75, 3.05) is 21.3 Å². The summed E-state index contributed by atoms with van der Waals surface area (Å²) in [7, 11) is 4.37. The van der Waals surface area contributed by atoms with E-state index in [0.717, 1.165) is 5.56 Å². The molecular weight excluding hydrogens is 500 g/mol. The van der Waals surface area contributed by atoms with Gasteiger partial charge in [-0.2, -0.15) is 5.01 Å². The predicted molar refractivity (Wildman–Crippen MR) is 137 cm³/mol. The van der Waals surface area contributed by atoms with Crippen LogP contribution in [0.4, 0.5) is 0 Å². The molecule has 0 aliphatic carbocycles. The number of benzene rings is 3. The van der Waals surface area contributed by atoms with Gasteiger partial charge in [0.05, 0.1) is 43.0 Å². The molecule has 0 N–H and O–H groups in total. The summed E-state index contributed by atoms with van der Waals surface area (Å²) in [5.74, 6) is 0.266. The molecule has 0 fully saturated rings. The molecule has 0 saturated heterocycles. The van der Waals surface area contributed by atoms with Crippen LogP contribution in [-0.4, -0.2) is 44.1 Å². The van der Waals surface area contributed by atoms with Crippen LogP contribution < -0.4 is 18.9 Å². The third-order valence-electron chi connectivity index (χ3n) is 5.61. The van der Waals surface area contributed by atoms with Crippen molar-refractivity contribution in [1.29, 1.82) is 0 Å². The summed E-state index contributed by atoms with van der Waals surface area (Å²) >= 11 is 6.41. The van der Waals surface area contributed by atoms with Crippen molar-refractivity contribution >= 4 is 29.4 Å².